The lowest BCUT2D eigenvalue weighted by molar-refractivity contribution is 0.343. The molecule has 0 radical (unpaired) electrons. The maximum atomic E-state index is 12.2. The molecule has 0 amide bonds. The number of hydrogen-bond acceptors (Lipinski definition) is 6. The van der Waals surface area contributed by atoms with E-state index in [1.807, 2.05) is 30.3 Å². The lowest BCUT2D eigenvalue weighted by Gasteiger charge is -2.10. The van der Waals surface area contributed by atoms with Gasteiger partial charge in [-0.3, -0.25) is 0 Å². The van der Waals surface area contributed by atoms with Crippen LogP contribution in [0.25, 0.3) is 11.1 Å². The Bertz CT molecular complexity index is 953. The van der Waals surface area contributed by atoms with Crippen LogP contribution in [0.3, 0.4) is 0 Å². The molecule has 0 saturated carbocycles. The molecule has 6 nitrogen and oxygen atoms in total. The number of thioether (sulfide) groups is 1. The van der Waals surface area contributed by atoms with Gasteiger partial charge in [0.1, 0.15) is 11.3 Å². The zero-order chi connectivity index (χ0) is 17.9. The van der Waals surface area contributed by atoms with Crippen molar-refractivity contribution in [3.63, 3.8) is 0 Å². The highest BCUT2D eigenvalue weighted by Crippen LogP contribution is 2.26. The van der Waals surface area contributed by atoms with Gasteiger partial charge in [0, 0.05) is 19.8 Å². The largest absolute Gasteiger partial charge is 0.493 e. The standard InChI is InChI=1S/C17H18N2O4S2/c1-19(2)25(20,21)14-8-9-16-15(12-14)18-17(23-16)24-11-10-22-13-6-4-3-5-7-13/h3-9,12H,10-11H2,1-2H3. The first-order valence-electron chi connectivity index (χ1n) is 7.60. The normalized spacial score (nSPS) is 12.0. The van der Waals surface area contributed by atoms with Crippen LogP contribution in [-0.4, -0.2) is 44.2 Å². The maximum Gasteiger partial charge on any atom is 0.256 e. The first kappa shape index (κ1) is 17.8. The van der Waals surface area contributed by atoms with Crippen molar-refractivity contribution in [2.24, 2.45) is 0 Å². The van der Waals surface area contributed by atoms with Gasteiger partial charge < -0.3 is 9.15 Å². The summed E-state index contributed by atoms with van der Waals surface area (Å²) in [5.74, 6) is 1.49. The minimum absolute atomic E-state index is 0.197. The topological polar surface area (TPSA) is 72.6 Å². The van der Waals surface area contributed by atoms with Gasteiger partial charge in [-0.25, -0.2) is 17.7 Å². The number of benzene rings is 2. The molecule has 0 saturated heterocycles. The number of ether oxygens (including phenoxy) is 1. The Morgan fingerprint density at radius 1 is 1.16 bits per heavy atom. The monoisotopic (exact) mass is 378 g/mol. The van der Waals surface area contributed by atoms with E-state index in [0.29, 0.717) is 28.7 Å². The predicted octanol–water partition coefficient (Wildman–Crippen LogP) is 3.25. The second kappa shape index (κ2) is 7.47. The van der Waals surface area contributed by atoms with Crippen LogP contribution in [0.1, 0.15) is 0 Å². The first-order chi connectivity index (χ1) is 12.0. The molecular formula is C17H18N2O4S2. The summed E-state index contributed by atoms with van der Waals surface area (Å²) >= 11 is 1.42. The molecular weight excluding hydrogens is 360 g/mol. The summed E-state index contributed by atoms with van der Waals surface area (Å²) in [5, 5.41) is 0.492. The molecule has 0 aliphatic carbocycles. The van der Waals surface area contributed by atoms with E-state index in [0.717, 1.165) is 5.75 Å². The van der Waals surface area contributed by atoms with E-state index in [9.17, 15) is 8.42 Å². The number of hydrogen-bond donors (Lipinski definition) is 0. The van der Waals surface area contributed by atoms with Crippen LogP contribution in [0, 0.1) is 0 Å². The lowest BCUT2D eigenvalue weighted by atomic mass is 10.3. The first-order valence-corrected chi connectivity index (χ1v) is 10.0. The van der Waals surface area contributed by atoms with Gasteiger partial charge in [0.25, 0.3) is 5.22 Å². The molecule has 0 bridgehead atoms. The molecule has 0 aliphatic heterocycles. The molecule has 0 spiro atoms. The minimum atomic E-state index is -3.49. The van der Waals surface area contributed by atoms with Crippen LogP contribution < -0.4 is 4.74 Å². The molecule has 1 heterocycles. The fourth-order valence-electron chi connectivity index (χ4n) is 2.12. The van der Waals surface area contributed by atoms with Gasteiger partial charge in [-0.05, 0) is 30.3 Å². The SMILES string of the molecule is CN(C)S(=O)(=O)c1ccc2oc(SCCOc3ccccc3)nc2c1. The van der Waals surface area contributed by atoms with Crippen LogP contribution in [0.15, 0.2) is 63.1 Å². The summed E-state index contributed by atoms with van der Waals surface area (Å²) < 4.78 is 36.8. The second-order valence-corrected chi connectivity index (χ2v) is 8.60. The minimum Gasteiger partial charge on any atom is -0.493 e. The number of para-hydroxylation sites is 1. The molecule has 3 aromatic rings. The van der Waals surface area contributed by atoms with Crippen LogP contribution >= 0.6 is 11.8 Å². The van der Waals surface area contributed by atoms with Crippen molar-refractivity contribution < 1.29 is 17.6 Å². The number of sulfonamides is 1. The summed E-state index contributed by atoms with van der Waals surface area (Å²) in [6, 6.07) is 14.3. The predicted molar refractivity (Wildman–Crippen MR) is 97.5 cm³/mol. The van der Waals surface area contributed by atoms with Crippen LogP contribution in [0.4, 0.5) is 0 Å². The molecule has 1 aromatic heterocycles. The Hall–Kier alpha value is -2.03. The fourth-order valence-corrected chi connectivity index (χ4v) is 3.70. The third-order valence-electron chi connectivity index (χ3n) is 3.44. The third-order valence-corrected chi connectivity index (χ3v) is 6.04. The molecule has 0 N–H and O–H groups in total. The molecule has 0 unspecified atom stereocenters. The van der Waals surface area contributed by atoms with E-state index in [-0.39, 0.29) is 4.90 Å². The Morgan fingerprint density at radius 2 is 1.92 bits per heavy atom. The molecule has 132 valence electrons. The number of nitrogens with zero attached hydrogens (tertiary/aromatic N) is 2. The van der Waals surface area contributed by atoms with Gasteiger partial charge in [0.2, 0.25) is 10.0 Å². The molecule has 0 fully saturated rings. The number of fused-ring (bicyclic) bond motifs is 1. The fraction of sp³-hybridized carbons (Fsp3) is 0.235. The van der Waals surface area contributed by atoms with Crippen LogP contribution in [0.2, 0.25) is 0 Å². The summed E-state index contributed by atoms with van der Waals surface area (Å²) in [5.41, 5.74) is 1.08. The molecule has 0 aliphatic rings. The highest BCUT2D eigenvalue weighted by Gasteiger charge is 2.18. The van der Waals surface area contributed by atoms with Gasteiger partial charge in [0.05, 0.1) is 11.5 Å². The zero-order valence-corrected chi connectivity index (χ0v) is 15.5. The van der Waals surface area contributed by atoms with Crippen molar-refractivity contribution in [2.75, 3.05) is 26.5 Å². The Kier molecular flexibility index (Phi) is 5.31. The summed E-state index contributed by atoms with van der Waals surface area (Å²) in [7, 11) is -0.493. The summed E-state index contributed by atoms with van der Waals surface area (Å²) in [6.07, 6.45) is 0. The Labute approximate surface area is 150 Å². The Balaban J connectivity index is 1.65. The van der Waals surface area contributed by atoms with E-state index in [1.54, 1.807) is 6.07 Å². The highest BCUT2D eigenvalue weighted by molar-refractivity contribution is 7.99. The number of oxazole rings is 1. The van der Waals surface area contributed by atoms with E-state index in [4.69, 9.17) is 9.15 Å². The Morgan fingerprint density at radius 3 is 2.64 bits per heavy atom. The zero-order valence-electron chi connectivity index (χ0n) is 13.9. The highest BCUT2D eigenvalue weighted by atomic mass is 32.2. The molecule has 0 atom stereocenters. The van der Waals surface area contributed by atoms with E-state index < -0.39 is 10.0 Å². The third kappa shape index (κ3) is 4.15. The van der Waals surface area contributed by atoms with E-state index in [1.165, 1.54) is 42.3 Å². The summed E-state index contributed by atoms with van der Waals surface area (Å²) in [6.45, 7) is 0.521. The van der Waals surface area contributed by atoms with Crippen molar-refractivity contribution in [1.29, 1.82) is 0 Å². The molecule has 2 aromatic carbocycles. The van der Waals surface area contributed by atoms with E-state index >= 15 is 0 Å². The average molecular weight is 378 g/mol. The van der Waals surface area contributed by atoms with Crippen molar-refractivity contribution in [3.05, 3.63) is 48.5 Å². The van der Waals surface area contributed by atoms with Crippen molar-refractivity contribution >= 4 is 32.9 Å². The molecule has 8 heteroatoms. The smallest absolute Gasteiger partial charge is 0.256 e. The van der Waals surface area contributed by atoms with Gasteiger partial charge in [0.15, 0.2) is 5.58 Å². The van der Waals surface area contributed by atoms with Crippen molar-refractivity contribution in [2.45, 2.75) is 10.1 Å². The molecule has 3 rings (SSSR count). The second-order valence-electron chi connectivity index (χ2n) is 5.41. The van der Waals surface area contributed by atoms with E-state index in [2.05, 4.69) is 4.98 Å². The van der Waals surface area contributed by atoms with Crippen molar-refractivity contribution in [3.8, 4) is 5.75 Å². The van der Waals surface area contributed by atoms with Crippen LogP contribution in [-0.2, 0) is 10.0 Å². The average Bonchev–Trinajstić information content (AvgIpc) is 3.01. The van der Waals surface area contributed by atoms with Gasteiger partial charge in [-0.1, -0.05) is 30.0 Å². The maximum absolute atomic E-state index is 12.2. The van der Waals surface area contributed by atoms with Gasteiger partial charge in [-0.2, -0.15) is 0 Å². The van der Waals surface area contributed by atoms with Crippen LogP contribution in [0.5, 0.6) is 5.75 Å². The number of rotatable bonds is 7. The van der Waals surface area contributed by atoms with Crippen molar-refractivity contribution in [1.82, 2.24) is 9.29 Å². The quantitative estimate of drug-likeness (QED) is 0.464. The number of aromatic nitrogens is 1. The van der Waals surface area contributed by atoms with Gasteiger partial charge >= 0.3 is 0 Å². The summed E-state index contributed by atoms with van der Waals surface area (Å²) in [4.78, 5) is 4.55. The molecule has 25 heavy (non-hydrogen) atoms. The van der Waals surface area contributed by atoms with Gasteiger partial charge in [-0.15, -0.1) is 0 Å². The lowest BCUT2D eigenvalue weighted by Crippen LogP contribution is -2.22.